The number of carbonyl (C=O) groups is 1. The first-order valence-corrected chi connectivity index (χ1v) is 4.24. The van der Waals surface area contributed by atoms with Crippen LogP contribution in [0.1, 0.15) is 16.1 Å². The molecule has 0 amide bonds. The summed E-state index contributed by atoms with van der Waals surface area (Å²) < 4.78 is 2.04. The maximum Gasteiger partial charge on any atom is 0.152 e. The molecule has 2 rings (SSSR count). The predicted octanol–water partition coefficient (Wildman–Crippen LogP) is 2.30. The quantitative estimate of drug-likeness (QED) is 0.606. The standard InChI is InChI=1S/C11H11NO/c1-8-6-9-4-3-5-10(7-13)11(9)12(8)2/h3-7H,1-2H3. The Bertz CT molecular complexity index is 468. The molecule has 0 saturated carbocycles. The number of rotatable bonds is 1. The van der Waals surface area contributed by atoms with Crippen molar-refractivity contribution in [2.45, 2.75) is 6.92 Å². The second-order valence-corrected chi connectivity index (χ2v) is 3.25. The summed E-state index contributed by atoms with van der Waals surface area (Å²) in [5.74, 6) is 0. The van der Waals surface area contributed by atoms with Gasteiger partial charge in [0.05, 0.1) is 5.52 Å². The third-order valence-electron chi connectivity index (χ3n) is 2.45. The Hall–Kier alpha value is -1.57. The largest absolute Gasteiger partial charge is 0.347 e. The van der Waals surface area contributed by atoms with Crippen molar-refractivity contribution in [3.05, 3.63) is 35.5 Å². The average molecular weight is 173 g/mol. The molecule has 0 aliphatic rings. The normalized spacial score (nSPS) is 10.6. The van der Waals surface area contributed by atoms with Gasteiger partial charge in [-0.3, -0.25) is 4.79 Å². The lowest BCUT2D eigenvalue weighted by atomic mass is 10.1. The molecule has 0 aliphatic heterocycles. The minimum atomic E-state index is 0.758. The summed E-state index contributed by atoms with van der Waals surface area (Å²) in [6, 6.07) is 7.86. The van der Waals surface area contributed by atoms with Gasteiger partial charge in [0, 0.05) is 23.7 Å². The summed E-state index contributed by atoms with van der Waals surface area (Å²) in [5.41, 5.74) is 2.95. The van der Waals surface area contributed by atoms with E-state index < -0.39 is 0 Å². The molecule has 0 aliphatic carbocycles. The van der Waals surface area contributed by atoms with Crippen molar-refractivity contribution in [1.29, 1.82) is 0 Å². The first-order valence-electron chi connectivity index (χ1n) is 4.24. The zero-order chi connectivity index (χ0) is 9.42. The lowest BCUT2D eigenvalue weighted by Crippen LogP contribution is -1.93. The molecule has 13 heavy (non-hydrogen) atoms. The molecule has 0 spiro atoms. The maximum absolute atomic E-state index is 10.8. The average Bonchev–Trinajstić information content (AvgIpc) is 2.43. The second kappa shape index (κ2) is 2.73. The summed E-state index contributed by atoms with van der Waals surface area (Å²) in [7, 11) is 1.98. The number of nitrogens with zero attached hydrogens (tertiary/aromatic N) is 1. The van der Waals surface area contributed by atoms with Gasteiger partial charge in [0.25, 0.3) is 0 Å². The van der Waals surface area contributed by atoms with Gasteiger partial charge >= 0.3 is 0 Å². The van der Waals surface area contributed by atoms with E-state index in [9.17, 15) is 4.79 Å². The molecule has 0 fully saturated rings. The molecule has 2 aromatic rings. The Morgan fingerprint density at radius 2 is 2.15 bits per heavy atom. The fraction of sp³-hybridized carbons (Fsp3) is 0.182. The number of hydrogen-bond donors (Lipinski definition) is 0. The zero-order valence-electron chi connectivity index (χ0n) is 7.74. The second-order valence-electron chi connectivity index (χ2n) is 3.25. The molecular weight excluding hydrogens is 162 g/mol. The van der Waals surface area contributed by atoms with Crippen LogP contribution in [-0.2, 0) is 7.05 Å². The van der Waals surface area contributed by atoms with E-state index >= 15 is 0 Å². The Kier molecular flexibility index (Phi) is 1.69. The van der Waals surface area contributed by atoms with Crippen LogP contribution in [0.4, 0.5) is 0 Å². The fourth-order valence-electron chi connectivity index (χ4n) is 1.68. The van der Waals surface area contributed by atoms with Crippen LogP contribution in [0.25, 0.3) is 10.9 Å². The van der Waals surface area contributed by atoms with Gasteiger partial charge in [-0.25, -0.2) is 0 Å². The maximum atomic E-state index is 10.8. The van der Waals surface area contributed by atoms with Gasteiger partial charge in [-0.2, -0.15) is 0 Å². The third-order valence-corrected chi connectivity index (χ3v) is 2.45. The molecule has 0 unspecified atom stereocenters. The molecule has 1 aromatic heterocycles. The summed E-state index contributed by atoms with van der Waals surface area (Å²) in [6.07, 6.45) is 0.905. The van der Waals surface area contributed by atoms with Crippen molar-refractivity contribution in [2.75, 3.05) is 0 Å². The van der Waals surface area contributed by atoms with Gasteiger partial charge < -0.3 is 4.57 Å². The number of carbonyl (C=O) groups excluding carboxylic acids is 1. The molecule has 1 aromatic carbocycles. The van der Waals surface area contributed by atoms with E-state index in [0.717, 1.165) is 22.8 Å². The minimum Gasteiger partial charge on any atom is -0.347 e. The molecule has 66 valence electrons. The van der Waals surface area contributed by atoms with E-state index in [2.05, 4.69) is 6.07 Å². The van der Waals surface area contributed by atoms with Crippen LogP contribution in [0.2, 0.25) is 0 Å². The summed E-state index contributed by atoms with van der Waals surface area (Å²) in [4.78, 5) is 10.8. The molecular formula is C11H11NO. The highest BCUT2D eigenvalue weighted by molar-refractivity contribution is 5.96. The molecule has 1 heterocycles. The van der Waals surface area contributed by atoms with Crippen LogP contribution in [0.3, 0.4) is 0 Å². The smallest absolute Gasteiger partial charge is 0.152 e. The van der Waals surface area contributed by atoms with Crippen molar-refractivity contribution >= 4 is 17.2 Å². The summed E-state index contributed by atoms with van der Waals surface area (Å²) in [6.45, 7) is 2.04. The summed E-state index contributed by atoms with van der Waals surface area (Å²) >= 11 is 0. The van der Waals surface area contributed by atoms with Crippen LogP contribution in [0.15, 0.2) is 24.3 Å². The Balaban J connectivity index is 2.94. The molecule has 0 N–H and O–H groups in total. The number of aldehydes is 1. The molecule has 0 atom stereocenters. The van der Waals surface area contributed by atoms with Crippen molar-refractivity contribution in [3.8, 4) is 0 Å². The van der Waals surface area contributed by atoms with E-state index in [1.54, 1.807) is 0 Å². The summed E-state index contributed by atoms with van der Waals surface area (Å²) in [5, 5.41) is 1.13. The molecule has 0 bridgehead atoms. The van der Waals surface area contributed by atoms with Crippen LogP contribution < -0.4 is 0 Å². The van der Waals surface area contributed by atoms with Crippen molar-refractivity contribution in [2.24, 2.45) is 7.05 Å². The van der Waals surface area contributed by atoms with Crippen LogP contribution in [0, 0.1) is 6.92 Å². The van der Waals surface area contributed by atoms with Gasteiger partial charge in [0.2, 0.25) is 0 Å². The van der Waals surface area contributed by atoms with Gasteiger partial charge in [-0.15, -0.1) is 0 Å². The highest BCUT2D eigenvalue weighted by Gasteiger charge is 2.05. The first kappa shape index (κ1) is 8.05. The Labute approximate surface area is 76.8 Å². The highest BCUT2D eigenvalue weighted by atomic mass is 16.1. The van der Waals surface area contributed by atoms with E-state index in [1.807, 2.05) is 36.7 Å². The van der Waals surface area contributed by atoms with Crippen molar-refractivity contribution < 1.29 is 4.79 Å². The Morgan fingerprint density at radius 1 is 1.38 bits per heavy atom. The van der Waals surface area contributed by atoms with Crippen LogP contribution >= 0.6 is 0 Å². The van der Waals surface area contributed by atoms with Crippen LogP contribution in [0.5, 0.6) is 0 Å². The minimum absolute atomic E-state index is 0.758. The van der Waals surface area contributed by atoms with Gasteiger partial charge in [0.1, 0.15) is 0 Å². The number of fused-ring (bicyclic) bond motifs is 1. The van der Waals surface area contributed by atoms with Gasteiger partial charge in [0.15, 0.2) is 6.29 Å². The first-order chi connectivity index (χ1) is 6.24. The number of hydrogen-bond acceptors (Lipinski definition) is 1. The molecule has 2 nitrogen and oxygen atoms in total. The van der Waals surface area contributed by atoms with Crippen molar-refractivity contribution in [1.82, 2.24) is 4.57 Å². The van der Waals surface area contributed by atoms with E-state index in [-0.39, 0.29) is 0 Å². The monoisotopic (exact) mass is 173 g/mol. The molecule has 0 radical (unpaired) electrons. The van der Waals surface area contributed by atoms with Gasteiger partial charge in [-0.1, -0.05) is 12.1 Å². The van der Waals surface area contributed by atoms with E-state index in [4.69, 9.17) is 0 Å². The number of para-hydroxylation sites is 1. The predicted molar refractivity (Wildman–Crippen MR) is 53.0 cm³/mol. The highest BCUT2D eigenvalue weighted by Crippen LogP contribution is 2.20. The number of aromatic nitrogens is 1. The third kappa shape index (κ3) is 1.06. The van der Waals surface area contributed by atoms with Crippen molar-refractivity contribution in [3.63, 3.8) is 0 Å². The molecule has 2 heteroatoms. The van der Waals surface area contributed by atoms with E-state index in [0.29, 0.717) is 0 Å². The fourth-order valence-corrected chi connectivity index (χ4v) is 1.68. The lowest BCUT2D eigenvalue weighted by Gasteiger charge is -2.00. The van der Waals surface area contributed by atoms with Crippen LogP contribution in [-0.4, -0.2) is 10.9 Å². The topological polar surface area (TPSA) is 22.0 Å². The number of benzene rings is 1. The Morgan fingerprint density at radius 3 is 2.85 bits per heavy atom. The SMILES string of the molecule is Cc1cc2cccc(C=O)c2n1C. The zero-order valence-corrected chi connectivity index (χ0v) is 7.74. The number of aryl methyl sites for hydroxylation is 2. The van der Waals surface area contributed by atoms with E-state index in [1.165, 1.54) is 5.69 Å². The van der Waals surface area contributed by atoms with Gasteiger partial charge in [-0.05, 0) is 19.1 Å². The lowest BCUT2D eigenvalue weighted by molar-refractivity contribution is 0.112. The molecule has 0 saturated heterocycles.